The number of aliphatic carboxylic acids is 1. The Kier molecular flexibility index (Phi) is 26.9. The monoisotopic (exact) mass is 623 g/mol. The molecule has 0 heterocycles. The molecule has 0 aromatic heterocycles. The average molecular weight is 624 g/mol. The molecule has 8 nitrogen and oxygen atoms in total. The number of esters is 2. The number of likely N-dealkylation sites (N-methyl/N-ethyl adjacent to an activating group) is 1. The molecule has 0 aliphatic rings. The van der Waals surface area contributed by atoms with Gasteiger partial charge in [-0.3, -0.25) is 9.59 Å². The lowest BCUT2D eigenvalue weighted by Gasteiger charge is -2.34. The Bertz CT molecular complexity index is 788. The van der Waals surface area contributed by atoms with Gasteiger partial charge in [-0.1, -0.05) is 95.9 Å². The summed E-state index contributed by atoms with van der Waals surface area (Å²) in [5.74, 6) is -1.78. The van der Waals surface area contributed by atoms with Gasteiger partial charge in [0.1, 0.15) is 12.6 Å². The second kappa shape index (κ2) is 28.3. The molecule has 0 saturated carbocycles. The van der Waals surface area contributed by atoms with Crippen LogP contribution in [0.25, 0.3) is 0 Å². The first-order valence-corrected chi connectivity index (χ1v) is 17.4. The fraction of sp³-hybridized carbons (Fsp3) is 0.806. The Morgan fingerprint density at radius 1 is 0.682 bits per heavy atom. The molecule has 0 saturated heterocycles. The van der Waals surface area contributed by atoms with Crippen LogP contribution >= 0.6 is 0 Å². The number of carboxylic acid groups (broad SMARTS) is 1. The largest absolute Gasteiger partial charge is 0.544 e. The van der Waals surface area contributed by atoms with Gasteiger partial charge in [0.2, 0.25) is 0 Å². The fourth-order valence-corrected chi connectivity index (χ4v) is 4.80. The van der Waals surface area contributed by atoms with Crippen LogP contribution in [-0.4, -0.2) is 75.5 Å². The van der Waals surface area contributed by atoms with Gasteiger partial charge in [-0.05, 0) is 44.9 Å². The zero-order valence-corrected chi connectivity index (χ0v) is 28.8. The molecule has 0 amide bonds. The maximum absolute atomic E-state index is 12.5. The molecule has 0 radical (unpaired) electrons. The van der Waals surface area contributed by atoms with E-state index in [1.165, 1.54) is 51.4 Å². The van der Waals surface area contributed by atoms with E-state index in [9.17, 15) is 19.5 Å². The number of hydrogen-bond acceptors (Lipinski definition) is 7. The smallest absolute Gasteiger partial charge is 0.306 e. The normalized spacial score (nSPS) is 13.4. The quantitative estimate of drug-likeness (QED) is 0.0373. The number of nitrogens with zero attached hydrogens (tertiary/aromatic N) is 1. The standard InChI is InChI=1S/C36H65NO7/c1-6-8-10-11-12-13-14-15-16-17-18-19-20-21-22-23-25-27-35(39)44-32(31-43-34(38)26-24-9-7-2)30-42-29-28-33(36(40)41)37(3,4)5/h12-13,15-16,32-33H,6-11,14,17-31H2,1-5H3/b13-12-,16-15-. The highest BCUT2D eigenvalue weighted by Gasteiger charge is 2.25. The maximum atomic E-state index is 12.5. The van der Waals surface area contributed by atoms with Crippen molar-refractivity contribution in [3.05, 3.63) is 24.3 Å². The second-order valence-corrected chi connectivity index (χ2v) is 12.8. The molecule has 2 atom stereocenters. The molecule has 0 aliphatic carbocycles. The molecular weight excluding hydrogens is 558 g/mol. The van der Waals surface area contributed by atoms with E-state index in [1.807, 2.05) is 0 Å². The summed E-state index contributed by atoms with van der Waals surface area (Å²) in [5, 5.41) is 11.5. The molecule has 0 aromatic carbocycles. The maximum Gasteiger partial charge on any atom is 0.306 e. The number of carbonyl (C=O) groups is 3. The summed E-state index contributed by atoms with van der Waals surface area (Å²) in [6, 6.07) is -0.721. The number of allylic oxidation sites excluding steroid dienone is 4. The van der Waals surface area contributed by atoms with Gasteiger partial charge in [0.15, 0.2) is 6.10 Å². The number of carboxylic acids is 1. The van der Waals surface area contributed by atoms with E-state index in [2.05, 4.69) is 38.2 Å². The van der Waals surface area contributed by atoms with E-state index in [4.69, 9.17) is 14.2 Å². The average Bonchev–Trinajstić information content (AvgIpc) is 2.96. The summed E-state index contributed by atoms with van der Waals surface area (Å²) in [5.41, 5.74) is 0. The van der Waals surface area contributed by atoms with Crippen LogP contribution in [0.3, 0.4) is 0 Å². The van der Waals surface area contributed by atoms with Gasteiger partial charge in [0.25, 0.3) is 0 Å². The van der Waals surface area contributed by atoms with E-state index in [0.29, 0.717) is 12.8 Å². The summed E-state index contributed by atoms with van der Waals surface area (Å²) < 4.78 is 16.8. The zero-order chi connectivity index (χ0) is 32.9. The van der Waals surface area contributed by atoms with Crippen LogP contribution in [0.5, 0.6) is 0 Å². The summed E-state index contributed by atoms with van der Waals surface area (Å²) in [4.78, 5) is 36.1. The molecule has 0 rings (SSSR count). The van der Waals surface area contributed by atoms with Crippen molar-refractivity contribution >= 4 is 17.9 Å². The highest BCUT2D eigenvalue weighted by atomic mass is 16.6. The molecule has 0 aromatic rings. The molecule has 44 heavy (non-hydrogen) atoms. The zero-order valence-electron chi connectivity index (χ0n) is 28.8. The Labute approximate surface area is 269 Å². The summed E-state index contributed by atoms with van der Waals surface area (Å²) in [6.45, 7) is 4.44. The summed E-state index contributed by atoms with van der Waals surface area (Å²) in [6.07, 6.45) is 27.0. The number of hydrogen-bond donors (Lipinski definition) is 0. The number of rotatable bonds is 30. The minimum atomic E-state index is -1.13. The van der Waals surface area contributed by atoms with Crippen LogP contribution in [0.4, 0.5) is 0 Å². The van der Waals surface area contributed by atoms with Gasteiger partial charge in [-0.2, -0.15) is 0 Å². The first kappa shape index (κ1) is 41.8. The van der Waals surface area contributed by atoms with Gasteiger partial charge in [0.05, 0.1) is 40.3 Å². The topological polar surface area (TPSA) is 102 Å². The first-order chi connectivity index (χ1) is 21.1. The van der Waals surface area contributed by atoms with Gasteiger partial charge in [-0.25, -0.2) is 0 Å². The van der Waals surface area contributed by atoms with Gasteiger partial charge in [0, 0.05) is 19.3 Å². The van der Waals surface area contributed by atoms with Crippen molar-refractivity contribution in [3.63, 3.8) is 0 Å². The van der Waals surface area contributed by atoms with Crippen LogP contribution in [0.1, 0.15) is 136 Å². The van der Waals surface area contributed by atoms with E-state index < -0.39 is 18.1 Å². The second-order valence-electron chi connectivity index (χ2n) is 12.8. The SMILES string of the molecule is CCCCC/C=C\C/C=C\CCCCCCCCCC(=O)OC(COCCC(C(=O)[O-])[N+](C)(C)C)COC(=O)CCCCC. The number of quaternary nitrogens is 1. The lowest BCUT2D eigenvalue weighted by Crippen LogP contribution is -2.55. The minimum Gasteiger partial charge on any atom is -0.544 e. The third-order valence-corrected chi connectivity index (χ3v) is 7.59. The van der Waals surface area contributed by atoms with E-state index in [1.54, 1.807) is 21.1 Å². The first-order valence-electron chi connectivity index (χ1n) is 17.4. The van der Waals surface area contributed by atoms with Crippen LogP contribution < -0.4 is 5.11 Å². The van der Waals surface area contributed by atoms with Crippen LogP contribution in [0.15, 0.2) is 24.3 Å². The van der Waals surface area contributed by atoms with Crippen molar-refractivity contribution in [2.75, 3.05) is 41.0 Å². The lowest BCUT2D eigenvalue weighted by molar-refractivity contribution is -0.889. The van der Waals surface area contributed by atoms with Crippen LogP contribution in [0, 0.1) is 0 Å². The molecule has 0 N–H and O–H groups in total. The lowest BCUT2D eigenvalue weighted by atomic mass is 10.1. The highest BCUT2D eigenvalue weighted by molar-refractivity contribution is 5.70. The summed E-state index contributed by atoms with van der Waals surface area (Å²) in [7, 11) is 5.37. The third-order valence-electron chi connectivity index (χ3n) is 7.59. The van der Waals surface area contributed by atoms with E-state index in [0.717, 1.165) is 51.4 Å². The molecule has 0 bridgehead atoms. The van der Waals surface area contributed by atoms with Crippen molar-refractivity contribution < 1.29 is 38.2 Å². The van der Waals surface area contributed by atoms with E-state index >= 15 is 0 Å². The molecule has 8 heteroatoms. The molecule has 2 unspecified atom stereocenters. The van der Waals surface area contributed by atoms with Crippen LogP contribution in [0.2, 0.25) is 0 Å². The van der Waals surface area contributed by atoms with Crippen molar-refractivity contribution in [3.8, 4) is 0 Å². The predicted molar refractivity (Wildman–Crippen MR) is 176 cm³/mol. The van der Waals surface area contributed by atoms with Crippen molar-refractivity contribution in [2.24, 2.45) is 0 Å². The Hall–Kier alpha value is -2.19. The predicted octanol–water partition coefficient (Wildman–Crippen LogP) is 6.85. The molecule has 0 aliphatic heterocycles. The van der Waals surface area contributed by atoms with Gasteiger partial charge >= 0.3 is 11.9 Å². The number of carbonyl (C=O) groups excluding carboxylic acids is 3. The van der Waals surface area contributed by atoms with Gasteiger partial charge in [-0.15, -0.1) is 0 Å². The van der Waals surface area contributed by atoms with Crippen molar-refractivity contribution in [1.29, 1.82) is 0 Å². The van der Waals surface area contributed by atoms with Crippen molar-refractivity contribution in [2.45, 2.75) is 148 Å². The molecule has 0 fully saturated rings. The number of unbranched alkanes of at least 4 members (excludes halogenated alkanes) is 12. The number of ether oxygens (including phenoxy) is 3. The van der Waals surface area contributed by atoms with E-state index in [-0.39, 0.29) is 42.7 Å². The Balaban J connectivity index is 4.24. The molecular formula is C36H65NO7. The fourth-order valence-electron chi connectivity index (χ4n) is 4.80. The highest BCUT2D eigenvalue weighted by Crippen LogP contribution is 2.12. The third kappa shape index (κ3) is 26.2. The Morgan fingerprint density at radius 2 is 1.20 bits per heavy atom. The van der Waals surface area contributed by atoms with Gasteiger partial charge < -0.3 is 28.6 Å². The molecule has 0 spiro atoms. The van der Waals surface area contributed by atoms with Crippen molar-refractivity contribution in [1.82, 2.24) is 0 Å². The molecule has 256 valence electrons. The minimum absolute atomic E-state index is 0.0375. The summed E-state index contributed by atoms with van der Waals surface area (Å²) >= 11 is 0. The van der Waals surface area contributed by atoms with Crippen LogP contribution in [-0.2, 0) is 28.6 Å². The Morgan fingerprint density at radius 3 is 1.80 bits per heavy atom.